The lowest BCUT2D eigenvalue weighted by atomic mass is 9.79. The third-order valence-corrected chi connectivity index (χ3v) is 8.51. The number of hydrogen-bond donors (Lipinski definition) is 4. The Balaban J connectivity index is 1.42. The molecule has 0 unspecified atom stereocenters. The van der Waals surface area contributed by atoms with Crippen LogP contribution in [0, 0.1) is 17.2 Å². The molecular weight excluding hydrogens is 434 g/mol. The van der Waals surface area contributed by atoms with Crippen LogP contribution in [0.15, 0.2) is 10.6 Å². The number of likely N-dealkylation sites (N-methyl/N-ethyl adjacent to an activating group) is 1. The molecule has 0 spiro atoms. The Morgan fingerprint density at radius 1 is 1.28 bits per heavy atom. The Hall–Kier alpha value is -2.11. The first-order chi connectivity index (χ1) is 15.0. The normalized spacial score (nSPS) is 33.7. The number of fused-ring (bicyclic) bond motifs is 1. The highest BCUT2D eigenvalue weighted by Gasteiger charge is 2.60. The van der Waals surface area contributed by atoms with Gasteiger partial charge in [-0.1, -0.05) is 6.92 Å². The summed E-state index contributed by atoms with van der Waals surface area (Å²) in [4.78, 5) is 43.3. The Bertz CT molecular complexity index is 886. The zero-order valence-electron chi connectivity index (χ0n) is 18.7. The van der Waals surface area contributed by atoms with E-state index in [4.69, 9.17) is 5.41 Å². The van der Waals surface area contributed by atoms with Crippen molar-refractivity contribution in [1.29, 1.82) is 5.41 Å². The van der Waals surface area contributed by atoms with Crippen LogP contribution in [0.2, 0.25) is 0 Å². The van der Waals surface area contributed by atoms with E-state index in [1.807, 2.05) is 18.9 Å². The number of aliphatic hydroxyl groups is 1. The van der Waals surface area contributed by atoms with Gasteiger partial charge in [0.25, 0.3) is 0 Å². The zero-order valence-corrected chi connectivity index (χ0v) is 19.6. The van der Waals surface area contributed by atoms with E-state index < -0.39 is 18.0 Å². The van der Waals surface area contributed by atoms with Crippen LogP contribution in [0.25, 0.3) is 0 Å². The molecule has 3 fully saturated rings. The molecular formula is C21H31N5O5S. The van der Waals surface area contributed by atoms with Gasteiger partial charge in [-0.3, -0.25) is 19.9 Å². The van der Waals surface area contributed by atoms with E-state index >= 15 is 0 Å². The number of carboxylic acid groups (broad SMARTS) is 1. The van der Waals surface area contributed by atoms with Gasteiger partial charge in [0.05, 0.1) is 36.0 Å². The van der Waals surface area contributed by atoms with Gasteiger partial charge >= 0.3 is 5.97 Å². The van der Waals surface area contributed by atoms with Crippen molar-refractivity contribution in [3.8, 4) is 0 Å². The highest BCUT2D eigenvalue weighted by Crippen LogP contribution is 2.52. The van der Waals surface area contributed by atoms with Crippen molar-refractivity contribution in [2.75, 3.05) is 26.7 Å². The Labute approximate surface area is 191 Å². The molecule has 0 bridgehead atoms. The van der Waals surface area contributed by atoms with Gasteiger partial charge < -0.3 is 25.3 Å². The van der Waals surface area contributed by atoms with Gasteiger partial charge in [0, 0.05) is 35.7 Å². The van der Waals surface area contributed by atoms with Gasteiger partial charge in [0.1, 0.15) is 5.70 Å². The third-order valence-electron chi connectivity index (χ3n) is 7.01. The van der Waals surface area contributed by atoms with E-state index in [2.05, 4.69) is 5.32 Å². The molecule has 4 N–H and O–H groups in total. The molecule has 4 aliphatic rings. The van der Waals surface area contributed by atoms with Crippen molar-refractivity contribution in [2.45, 2.75) is 56.7 Å². The second-order valence-corrected chi connectivity index (χ2v) is 10.8. The Morgan fingerprint density at radius 3 is 2.50 bits per heavy atom. The van der Waals surface area contributed by atoms with Crippen molar-refractivity contribution in [3.05, 3.63) is 10.6 Å². The van der Waals surface area contributed by atoms with Gasteiger partial charge in [0.15, 0.2) is 0 Å². The third kappa shape index (κ3) is 3.69. The molecule has 0 aromatic heterocycles. The van der Waals surface area contributed by atoms with Gasteiger partial charge in [-0.25, -0.2) is 4.79 Å². The van der Waals surface area contributed by atoms with Crippen molar-refractivity contribution in [1.82, 2.24) is 20.0 Å². The first kappa shape index (κ1) is 23.1. The molecule has 2 amide bonds. The molecule has 3 saturated heterocycles. The minimum Gasteiger partial charge on any atom is -0.477 e. The van der Waals surface area contributed by atoms with Crippen molar-refractivity contribution in [3.63, 3.8) is 0 Å². The minimum atomic E-state index is -1.13. The fourth-order valence-corrected chi connectivity index (χ4v) is 7.05. The van der Waals surface area contributed by atoms with E-state index in [1.54, 1.807) is 18.7 Å². The molecule has 0 radical (unpaired) electrons. The summed E-state index contributed by atoms with van der Waals surface area (Å²) >= 11 is 1.46. The number of amides is 2. The number of likely N-dealkylation sites (tertiary alicyclic amines) is 2. The van der Waals surface area contributed by atoms with Crippen LogP contribution in [0.1, 0.15) is 27.2 Å². The number of amidine groups is 1. The number of nitrogens with zero attached hydrogens (tertiary/aromatic N) is 3. The molecule has 11 heteroatoms. The zero-order chi connectivity index (χ0) is 23.5. The number of thioether (sulfide) groups is 1. The highest BCUT2D eigenvalue weighted by atomic mass is 32.2. The van der Waals surface area contributed by atoms with Gasteiger partial charge in [-0.15, -0.1) is 11.8 Å². The molecule has 4 heterocycles. The molecule has 10 nitrogen and oxygen atoms in total. The van der Waals surface area contributed by atoms with Gasteiger partial charge in [-0.05, 0) is 27.3 Å². The van der Waals surface area contributed by atoms with E-state index in [1.165, 1.54) is 16.7 Å². The number of nitrogens with one attached hydrogen (secondary N) is 2. The maximum absolute atomic E-state index is 13.0. The number of β-lactam (4-membered cyclic amide) rings is 1. The Kier molecular flexibility index (Phi) is 6.01. The molecule has 0 aromatic rings. The summed E-state index contributed by atoms with van der Waals surface area (Å²) in [6.45, 7) is 6.99. The highest BCUT2D eigenvalue weighted by molar-refractivity contribution is 8.03. The summed E-state index contributed by atoms with van der Waals surface area (Å²) in [6, 6.07) is -0.459. The average Bonchev–Trinajstić information content (AvgIpc) is 3.13. The molecule has 4 rings (SSSR count). The lowest BCUT2D eigenvalue weighted by Crippen LogP contribution is -2.63. The second-order valence-electron chi connectivity index (χ2n) is 9.41. The predicted octanol–water partition coefficient (Wildman–Crippen LogP) is -0.256. The van der Waals surface area contributed by atoms with Gasteiger partial charge in [-0.2, -0.15) is 0 Å². The van der Waals surface area contributed by atoms with Crippen molar-refractivity contribution >= 4 is 35.4 Å². The monoisotopic (exact) mass is 465 g/mol. The summed E-state index contributed by atoms with van der Waals surface area (Å²) < 4.78 is 0. The fraction of sp³-hybridized carbons (Fsp3) is 0.714. The van der Waals surface area contributed by atoms with Crippen molar-refractivity contribution in [2.24, 2.45) is 11.8 Å². The number of carbonyl (C=O) groups excluding carboxylic acids is 2. The summed E-state index contributed by atoms with van der Waals surface area (Å²) in [7, 11) is 1.91. The summed E-state index contributed by atoms with van der Waals surface area (Å²) in [5, 5.41) is 30.4. The second kappa shape index (κ2) is 8.35. The number of hydrogen-bond acceptors (Lipinski definition) is 7. The van der Waals surface area contributed by atoms with Crippen LogP contribution in [-0.4, -0.2) is 105 Å². The number of carbonyl (C=O) groups is 3. The topological polar surface area (TPSA) is 137 Å². The van der Waals surface area contributed by atoms with Crippen LogP contribution in [-0.2, 0) is 14.4 Å². The largest absolute Gasteiger partial charge is 0.477 e. The fourth-order valence-electron chi connectivity index (χ4n) is 5.45. The van der Waals surface area contributed by atoms with Crippen LogP contribution >= 0.6 is 11.8 Å². The van der Waals surface area contributed by atoms with Crippen LogP contribution < -0.4 is 5.32 Å². The van der Waals surface area contributed by atoms with Crippen LogP contribution in [0.4, 0.5) is 0 Å². The first-order valence-corrected chi connectivity index (χ1v) is 11.8. The van der Waals surface area contributed by atoms with Crippen LogP contribution in [0.3, 0.4) is 0 Å². The maximum atomic E-state index is 13.0. The van der Waals surface area contributed by atoms with E-state index in [-0.39, 0.29) is 46.8 Å². The lowest BCUT2D eigenvalue weighted by molar-refractivity contribution is -0.163. The number of rotatable bonds is 6. The standard InChI is InChI=1S/C21H31N5O5S/c1-9-16-15(10(2)27)20(29)26(16)17(21(30)31)18(9)32-13-5-14(24(4)8-13)19(28)25-6-12(7-25)23-11(3)22/h9-10,12-16,27H,5-8H2,1-4H3,(H2,22,23)(H,30,31)/t9-,10-,13+,14+,15-,16-/m1/s1. The molecule has 32 heavy (non-hydrogen) atoms. The quantitative estimate of drug-likeness (QED) is 0.239. The number of aliphatic hydroxyl groups excluding tert-OH is 1. The lowest BCUT2D eigenvalue weighted by Gasteiger charge is -2.46. The van der Waals surface area contributed by atoms with E-state index in [0.29, 0.717) is 36.8 Å². The predicted molar refractivity (Wildman–Crippen MR) is 119 cm³/mol. The molecule has 0 aliphatic carbocycles. The molecule has 0 aromatic carbocycles. The maximum Gasteiger partial charge on any atom is 0.353 e. The minimum absolute atomic E-state index is 0.0329. The number of carboxylic acids is 1. The summed E-state index contributed by atoms with van der Waals surface area (Å²) in [6.07, 6.45) is -0.212. The van der Waals surface area contributed by atoms with Crippen molar-refractivity contribution < 1.29 is 24.6 Å². The smallest absolute Gasteiger partial charge is 0.353 e. The first-order valence-electron chi connectivity index (χ1n) is 11.0. The van der Waals surface area contributed by atoms with E-state index in [0.717, 1.165) is 0 Å². The molecule has 0 saturated carbocycles. The molecule has 4 aliphatic heterocycles. The van der Waals surface area contributed by atoms with Gasteiger partial charge in [0.2, 0.25) is 11.8 Å². The molecule has 176 valence electrons. The summed E-state index contributed by atoms with van der Waals surface area (Å²) in [5.74, 6) is -1.74. The van der Waals surface area contributed by atoms with E-state index in [9.17, 15) is 24.6 Å². The SMILES string of the molecule is CC(=N)NC1CN(C(=O)[C@@H]2C[C@H](SC3=C(C(=O)O)N4C(=O)[C@H]([C@@H](C)O)[C@H]4[C@H]3C)CN2C)C1. The molecule has 6 atom stereocenters. The van der Waals surface area contributed by atoms with Crippen LogP contribution in [0.5, 0.6) is 0 Å². The summed E-state index contributed by atoms with van der Waals surface area (Å²) in [5.41, 5.74) is 0.0329. The average molecular weight is 466 g/mol. The number of aliphatic carboxylic acids is 1. The Morgan fingerprint density at radius 2 is 1.94 bits per heavy atom.